The van der Waals surface area contributed by atoms with Gasteiger partial charge >= 0.3 is 5.97 Å². The number of nitrogens with zero attached hydrogens (tertiary/aromatic N) is 2. The molecule has 1 aromatic carbocycles. The van der Waals surface area contributed by atoms with Crippen molar-refractivity contribution in [2.75, 3.05) is 6.61 Å². The van der Waals surface area contributed by atoms with E-state index < -0.39 is 5.97 Å². The third kappa shape index (κ3) is 3.74. The van der Waals surface area contributed by atoms with Gasteiger partial charge in [-0.15, -0.1) is 0 Å². The number of carbonyl (C=O) groups excluding carboxylic acids is 2. The van der Waals surface area contributed by atoms with Crippen LogP contribution in [0.5, 0.6) is 0 Å². The molecule has 2 rings (SSSR count). The Kier molecular flexibility index (Phi) is 5.10. The van der Waals surface area contributed by atoms with E-state index in [4.69, 9.17) is 4.74 Å². The number of nitrogens with one attached hydrogen (secondary N) is 1. The Hall–Kier alpha value is -2.70. The van der Waals surface area contributed by atoms with Gasteiger partial charge < -0.3 is 10.1 Å². The van der Waals surface area contributed by atoms with Crippen molar-refractivity contribution < 1.29 is 14.3 Å². The van der Waals surface area contributed by atoms with Crippen molar-refractivity contribution in [3.63, 3.8) is 0 Å². The highest BCUT2D eigenvalue weighted by molar-refractivity contribution is 6.02. The summed E-state index contributed by atoms with van der Waals surface area (Å²) in [5.74, 6) is -1.11. The summed E-state index contributed by atoms with van der Waals surface area (Å²) in [7, 11) is 1.46. The van der Waals surface area contributed by atoms with Gasteiger partial charge in [0.15, 0.2) is 12.3 Å². The lowest BCUT2D eigenvalue weighted by atomic mass is 10.1. The summed E-state index contributed by atoms with van der Waals surface area (Å²) in [6.45, 7) is 3.42. The monoisotopic (exact) mass is 317 g/mol. The van der Waals surface area contributed by atoms with E-state index in [2.05, 4.69) is 10.4 Å². The Morgan fingerprint density at radius 2 is 1.96 bits per heavy atom. The smallest absolute Gasteiger partial charge is 0.359 e. The van der Waals surface area contributed by atoms with E-state index >= 15 is 0 Å². The number of carbonyl (C=O) groups is 2. The number of esters is 1. The number of amides is 1. The van der Waals surface area contributed by atoms with Crippen LogP contribution in [0, 0.1) is 0 Å². The molecule has 1 N–H and O–H groups in total. The highest BCUT2D eigenvalue weighted by atomic mass is 16.5. The van der Waals surface area contributed by atoms with Gasteiger partial charge in [0.2, 0.25) is 0 Å². The van der Waals surface area contributed by atoms with Crippen LogP contribution in [0.25, 0.3) is 10.8 Å². The summed E-state index contributed by atoms with van der Waals surface area (Å²) in [4.78, 5) is 35.9. The van der Waals surface area contributed by atoms with E-state index in [-0.39, 0.29) is 29.8 Å². The molecule has 1 amide bonds. The maximum atomic E-state index is 12.2. The zero-order valence-electron chi connectivity index (χ0n) is 13.3. The molecule has 0 radical (unpaired) electrons. The minimum absolute atomic E-state index is 0.0118. The molecule has 0 spiro atoms. The van der Waals surface area contributed by atoms with Gasteiger partial charge in [0.1, 0.15) is 0 Å². The molecule has 2 aromatic rings. The van der Waals surface area contributed by atoms with E-state index in [9.17, 15) is 14.4 Å². The average molecular weight is 317 g/mol. The number of benzene rings is 1. The Morgan fingerprint density at radius 1 is 1.30 bits per heavy atom. The molecule has 0 unspecified atom stereocenters. The van der Waals surface area contributed by atoms with Crippen LogP contribution < -0.4 is 10.9 Å². The van der Waals surface area contributed by atoms with Crippen LogP contribution in [0.3, 0.4) is 0 Å². The molecule has 122 valence electrons. The number of aryl methyl sites for hydroxylation is 1. The predicted molar refractivity (Wildman–Crippen MR) is 85.2 cm³/mol. The summed E-state index contributed by atoms with van der Waals surface area (Å²) < 4.78 is 6.09. The number of ether oxygens (including phenoxy) is 1. The van der Waals surface area contributed by atoms with Crippen LogP contribution in [0.1, 0.15) is 30.8 Å². The molecule has 1 aromatic heterocycles. The third-order valence-electron chi connectivity index (χ3n) is 3.50. The van der Waals surface area contributed by atoms with Crippen molar-refractivity contribution in [3.05, 3.63) is 40.3 Å². The summed E-state index contributed by atoms with van der Waals surface area (Å²) in [6, 6.07) is 6.66. The lowest BCUT2D eigenvalue weighted by Crippen LogP contribution is -2.35. The number of hydrogen-bond donors (Lipinski definition) is 1. The lowest BCUT2D eigenvalue weighted by Gasteiger charge is -2.12. The van der Waals surface area contributed by atoms with Gasteiger partial charge in [-0.3, -0.25) is 9.59 Å². The fourth-order valence-corrected chi connectivity index (χ4v) is 2.07. The minimum atomic E-state index is -0.740. The van der Waals surface area contributed by atoms with Gasteiger partial charge in [-0.05, 0) is 19.4 Å². The SMILES string of the molecule is CC[C@@H](C)NC(=O)COC(=O)c1nn(C)c(=O)c2ccccc12. The minimum Gasteiger partial charge on any atom is -0.451 e. The normalized spacial score (nSPS) is 12.0. The van der Waals surface area contributed by atoms with Gasteiger partial charge in [0, 0.05) is 18.5 Å². The molecule has 0 fully saturated rings. The highest BCUT2D eigenvalue weighted by Crippen LogP contribution is 2.13. The molecule has 0 saturated heterocycles. The van der Waals surface area contributed by atoms with Gasteiger partial charge in [0.25, 0.3) is 11.5 Å². The number of hydrogen-bond acceptors (Lipinski definition) is 5. The molecule has 0 aliphatic rings. The number of aromatic nitrogens is 2. The molecular formula is C16H19N3O4. The first-order valence-corrected chi connectivity index (χ1v) is 7.36. The third-order valence-corrected chi connectivity index (χ3v) is 3.50. The first-order chi connectivity index (χ1) is 10.9. The predicted octanol–water partition coefficient (Wildman–Crippen LogP) is 1.00. The molecule has 7 heteroatoms. The van der Waals surface area contributed by atoms with Crippen molar-refractivity contribution in [2.45, 2.75) is 26.3 Å². The Labute approximate surface area is 133 Å². The highest BCUT2D eigenvalue weighted by Gasteiger charge is 2.18. The van der Waals surface area contributed by atoms with Crippen molar-refractivity contribution in [1.82, 2.24) is 15.1 Å². The topological polar surface area (TPSA) is 90.3 Å². The summed E-state index contributed by atoms with van der Waals surface area (Å²) in [5, 5.41) is 7.44. The van der Waals surface area contributed by atoms with Crippen molar-refractivity contribution >= 4 is 22.6 Å². The van der Waals surface area contributed by atoms with Crippen LogP contribution in [0.15, 0.2) is 29.1 Å². The van der Waals surface area contributed by atoms with Crippen molar-refractivity contribution in [2.24, 2.45) is 7.05 Å². The molecule has 1 atom stereocenters. The molecule has 1 heterocycles. The zero-order chi connectivity index (χ0) is 17.0. The van der Waals surface area contributed by atoms with E-state index in [1.54, 1.807) is 24.3 Å². The summed E-state index contributed by atoms with van der Waals surface area (Å²) >= 11 is 0. The quantitative estimate of drug-likeness (QED) is 0.831. The van der Waals surface area contributed by atoms with E-state index in [1.165, 1.54) is 7.05 Å². The summed E-state index contributed by atoms with van der Waals surface area (Å²) in [5.41, 5.74) is -0.286. The van der Waals surface area contributed by atoms with Gasteiger partial charge in [0.05, 0.1) is 5.39 Å². The zero-order valence-corrected chi connectivity index (χ0v) is 13.3. The molecule has 0 aliphatic heterocycles. The second kappa shape index (κ2) is 7.04. The van der Waals surface area contributed by atoms with Gasteiger partial charge in [-0.25, -0.2) is 9.48 Å². The first-order valence-electron chi connectivity index (χ1n) is 7.36. The molecule has 0 saturated carbocycles. The van der Waals surface area contributed by atoms with E-state index in [1.807, 2.05) is 13.8 Å². The molecule has 23 heavy (non-hydrogen) atoms. The van der Waals surface area contributed by atoms with Crippen LogP contribution in [-0.4, -0.2) is 34.3 Å². The van der Waals surface area contributed by atoms with Gasteiger partial charge in [-0.1, -0.05) is 25.1 Å². The van der Waals surface area contributed by atoms with E-state index in [0.29, 0.717) is 10.8 Å². The Balaban J connectivity index is 2.20. The van der Waals surface area contributed by atoms with Gasteiger partial charge in [-0.2, -0.15) is 5.10 Å². The fourth-order valence-electron chi connectivity index (χ4n) is 2.07. The van der Waals surface area contributed by atoms with Crippen molar-refractivity contribution in [1.29, 1.82) is 0 Å². The maximum Gasteiger partial charge on any atom is 0.359 e. The second-order valence-electron chi connectivity index (χ2n) is 5.28. The molecule has 0 bridgehead atoms. The fraction of sp³-hybridized carbons (Fsp3) is 0.375. The molecule has 7 nitrogen and oxygen atoms in total. The number of fused-ring (bicyclic) bond motifs is 1. The standard InChI is InChI=1S/C16H19N3O4/c1-4-10(2)17-13(20)9-23-16(22)14-11-7-5-6-8-12(11)15(21)19(3)18-14/h5-8,10H,4,9H2,1-3H3,(H,17,20)/t10-/m1/s1. The molecule has 0 aliphatic carbocycles. The van der Waals surface area contributed by atoms with Crippen LogP contribution in [0.2, 0.25) is 0 Å². The van der Waals surface area contributed by atoms with Crippen LogP contribution >= 0.6 is 0 Å². The Bertz CT molecular complexity index is 798. The first kappa shape index (κ1) is 16.7. The number of rotatable bonds is 5. The largest absolute Gasteiger partial charge is 0.451 e. The summed E-state index contributed by atoms with van der Waals surface area (Å²) in [6.07, 6.45) is 0.784. The van der Waals surface area contributed by atoms with E-state index in [0.717, 1.165) is 11.1 Å². The van der Waals surface area contributed by atoms with Crippen molar-refractivity contribution in [3.8, 4) is 0 Å². The average Bonchev–Trinajstić information content (AvgIpc) is 2.55. The van der Waals surface area contributed by atoms with Crippen LogP contribution in [-0.2, 0) is 16.6 Å². The van der Waals surface area contributed by atoms with Crippen LogP contribution in [0.4, 0.5) is 0 Å². The molecular weight excluding hydrogens is 298 g/mol. The maximum absolute atomic E-state index is 12.2. The Morgan fingerprint density at radius 3 is 2.61 bits per heavy atom. The second-order valence-corrected chi connectivity index (χ2v) is 5.28. The lowest BCUT2D eigenvalue weighted by molar-refractivity contribution is -0.124.